The molecule has 2 aromatic rings. The first kappa shape index (κ1) is 17.7. The van der Waals surface area contributed by atoms with Crippen LogP contribution in [0.1, 0.15) is 49.7 Å². The molecule has 0 amide bonds. The lowest BCUT2D eigenvalue weighted by molar-refractivity contribution is 0.121. The van der Waals surface area contributed by atoms with Gasteiger partial charge in [-0.25, -0.2) is 4.98 Å². The van der Waals surface area contributed by atoms with Crippen molar-refractivity contribution in [2.24, 2.45) is 5.92 Å². The Morgan fingerprint density at radius 3 is 2.81 bits per heavy atom. The number of rotatable bonds is 7. The molecule has 3 aliphatic rings. The molecule has 26 heavy (non-hydrogen) atoms. The van der Waals surface area contributed by atoms with Crippen LogP contribution in [0.4, 0.5) is 0 Å². The Morgan fingerprint density at radius 1 is 1.08 bits per heavy atom. The van der Waals surface area contributed by atoms with Crippen molar-refractivity contribution >= 4 is 0 Å². The lowest BCUT2D eigenvalue weighted by Gasteiger charge is -2.35. The summed E-state index contributed by atoms with van der Waals surface area (Å²) in [5, 5.41) is 0. The molecule has 4 nitrogen and oxygen atoms in total. The van der Waals surface area contributed by atoms with Gasteiger partial charge >= 0.3 is 0 Å². The average molecular weight is 353 g/mol. The van der Waals surface area contributed by atoms with Crippen molar-refractivity contribution in [1.29, 1.82) is 0 Å². The third kappa shape index (κ3) is 4.36. The summed E-state index contributed by atoms with van der Waals surface area (Å²) in [6, 6.07) is 11.6. The normalized spacial score (nSPS) is 24.0. The van der Waals surface area contributed by atoms with Crippen LogP contribution in [0.2, 0.25) is 0 Å². The van der Waals surface area contributed by atoms with Gasteiger partial charge in [-0.05, 0) is 30.7 Å². The maximum absolute atomic E-state index is 4.58. The van der Waals surface area contributed by atoms with E-state index in [1.54, 1.807) is 0 Å². The van der Waals surface area contributed by atoms with Gasteiger partial charge in [0.05, 0.1) is 0 Å². The summed E-state index contributed by atoms with van der Waals surface area (Å²) in [5.41, 5.74) is 2.73. The lowest BCUT2D eigenvalue weighted by Crippen LogP contribution is -2.43. The Bertz CT molecular complexity index is 680. The summed E-state index contributed by atoms with van der Waals surface area (Å²) < 4.78 is 0. The van der Waals surface area contributed by atoms with Crippen LogP contribution in [-0.4, -0.2) is 45.4 Å². The van der Waals surface area contributed by atoms with Crippen molar-refractivity contribution in [2.45, 2.75) is 58.2 Å². The second-order valence-electron chi connectivity index (χ2n) is 8.17. The highest BCUT2D eigenvalue weighted by molar-refractivity contribution is 5.14. The number of piperidine rings is 1. The second-order valence-corrected chi connectivity index (χ2v) is 8.17. The number of hydrogen-bond acceptors (Lipinski definition) is 3. The van der Waals surface area contributed by atoms with Crippen LogP contribution in [0, 0.1) is 5.92 Å². The largest absolute Gasteiger partial charge is 0.345 e. The van der Waals surface area contributed by atoms with Crippen molar-refractivity contribution < 1.29 is 0 Å². The van der Waals surface area contributed by atoms with Gasteiger partial charge in [-0.2, -0.15) is 0 Å². The van der Waals surface area contributed by atoms with E-state index in [1.807, 2.05) is 0 Å². The van der Waals surface area contributed by atoms with Crippen molar-refractivity contribution in [2.75, 3.05) is 19.6 Å². The standard InChI is InChI=1S/C22H32N4/c1-2-3-9-22-23-12-20(24-22)16-26-15-19-10-11-21(26)17-25(14-19)13-18-7-5-4-6-8-18/h4-8,12,19,21H,2-3,9-11,13-17H2,1H3,(H,23,24)/t19-,21+/m0/s1. The molecule has 0 radical (unpaired) electrons. The molecule has 1 N–H and O–H groups in total. The highest BCUT2D eigenvalue weighted by Crippen LogP contribution is 2.29. The smallest absolute Gasteiger partial charge is 0.106 e. The van der Waals surface area contributed by atoms with E-state index in [0.29, 0.717) is 6.04 Å². The van der Waals surface area contributed by atoms with E-state index in [1.165, 1.54) is 56.6 Å². The molecule has 0 unspecified atom stereocenters. The molecule has 2 atom stereocenters. The molecule has 0 spiro atoms. The van der Waals surface area contributed by atoms with Crippen LogP contribution in [-0.2, 0) is 19.5 Å². The molecular weight excluding hydrogens is 320 g/mol. The first-order valence-electron chi connectivity index (χ1n) is 10.3. The predicted molar refractivity (Wildman–Crippen MR) is 106 cm³/mol. The predicted octanol–water partition coefficient (Wildman–Crippen LogP) is 3.85. The molecule has 140 valence electrons. The SMILES string of the molecule is CCCCc1ncc(CN2C[C@H]3CC[C@@H]2CN(Cc2ccccc2)C3)[nH]1. The van der Waals surface area contributed by atoms with Gasteiger partial charge in [-0.15, -0.1) is 0 Å². The van der Waals surface area contributed by atoms with Crippen molar-refractivity contribution in [3.05, 3.63) is 53.6 Å². The molecule has 3 saturated heterocycles. The minimum absolute atomic E-state index is 0.680. The summed E-state index contributed by atoms with van der Waals surface area (Å²) in [6.45, 7) is 8.03. The third-order valence-corrected chi connectivity index (χ3v) is 5.97. The van der Waals surface area contributed by atoms with Crippen molar-refractivity contribution in [1.82, 2.24) is 19.8 Å². The summed E-state index contributed by atoms with van der Waals surface area (Å²) >= 11 is 0. The van der Waals surface area contributed by atoms with E-state index < -0.39 is 0 Å². The molecule has 4 heterocycles. The number of aromatic nitrogens is 2. The fraction of sp³-hybridized carbons (Fsp3) is 0.591. The van der Waals surface area contributed by atoms with Crippen LogP contribution in [0.25, 0.3) is 0 Å². The van der Waals surface area contributed by atoms with Gasteiger partial charge in [0.2, 0.25) is 0 Å². The molecule has 4 heteroatoms. The minimum Gasteiger partial charge on any atom is -0.345 e. The first-order chi connectivity index (χ1) is 12.8. The van der Waals surface area contributed by atoms with Gasteiger partial charge in [0.25, 0.3) is 0 Å². The van der Waals surface area contributed by atoms with Crippen LogP contribution in [0.3, 0.4) is 0 Å². The second kappa shape index (κ2) is 8.36. The van der Waals surface area contributed by atoms with Crippen LogP contribution < -0.4 is 0 Å². The fourth-order valence-corrected chi connectivity index (χ4v) is 4.62. The topological polar surface area (TPSA) is 35.2 Å². The number of imidazole rings is 1. The quantitative estimate of drug-likeness (QED) is 0.822. The van der Waals surface area contributed by atoms with E-state index in [9.17, 15) is 0 Å². The number of hydrogen-bond donors (Lipinski definition) is 1. The van der Waals surface area contributed by atoms with Crippen LogP contribution in [0.15, 0.2) is 36.5 Å². The Hall–Kier alpha value is -1.65. The Morgan fingerprint density at radius 2 is 1.96 bits per heavy atom. The lowest BCUT2D eigenvalue weighted by atomic mass is 9.95. The van der Waals surface area contributed by atoms with E-state index >= 15 is 0 Å². The summed E-state index contributed by atoms with van der Waals surface area (Å²) in [6.07, 6.45) is 8.31. The molecule has 0 aliphatic carbocycles. The third-order valence-electron chi connectivity index (χ3n) is 5.97. The number of H-pyrrole nitrogens is 1. The maximum atomic E-state index is 4.58. The Balaban J connectivity index is 1.38. The van der Waals surface area contributed by atoms with E-state index in [4.69, 9.17) is 0 Å². The van der Waals surface area contributed by atoms with Gasteiger partial charge < -0.3 is 4.98 Å². The molecule has 5 rings (SSSR count). The van der Waals surface area contributed by atoms with Gasteiger partial charge in [0, 0.05) is 57.1 Å². The molecule has 1 aromatic carbocycles. The van der Waals surface area contributed by atoms with Crippen molar-refractivity contribution in [3.8, 4) is 0 Å². The zero-order valence-electron chi connectivity index (χ0n) is 16.0. The average Bonchev–Trinajstić information content (AvgIpc) is 2.92. The van der Waals surface area contributed by atoms with Gasteiger partial charge in [-0.3, -0.25) is 9.80 Å². The van der Waals surface area contributed by atoms with E-state index in [-0.39, 0.29) is 0 Å². The Labute approximate surface area is 157 Å². The first-order valence-corrected chi connectivity index (χ1v) is 10.3. The molecule has 2 bridgehead atoms. The summed E-state index contributed by atoms with van der Waals surface area (Å²) in [5.74, 6) is 1.97. The molecule has 3 fully saturated rings. The minimum atomic E-state index is 0.680. The number of nitrogens with one attached hydrogen (secondary N) is 1. The monoisotopic (exact) mass is 352 g/mol. The molecule has 3 aliphatic heterocycles. The zero-order valence-corrected chi connectivity index (χ0v) is 16.0. The molecular formula is C22H32N4. The van der Waals surface area contributed by atoms with E-state index in [2.05, 4.69) is 63.2 Å². The number of nitrogens with zero attached hydrogens (tertiary/aromatic N) is 3. The zero-order chi connectivity index (χ0) is 17.8. The number of benzene rings is 1. The number of unbranched alkanes of at least 4 members (excludes halogenated alkanes) is 1. The number of aryl methyl sites for hydroxylation is 1. The highest BCUT2D eigenvalue weighted by Gasteiger charge is 2.34. The fourth-order valence-electron chi connectivity index (χ4n) is 4.62. The Kier molecular flexibility index (Phi) is 5.71. The highest BCUT2D eigenvalue weighted by atomic mass is 15.3. The van der Waals surface area contributed by atoms with Gasteiger partial charge in [-0.1, -0.05) is 43.7 Å². The van der Waals surface area contributed by atoms with Crippen LogP contribution in [0.5, 0.6) is 0 Å². The summed E-state index contributed by atoms with van der Waals surface area (Å²) in [7, 11) is 0. The number of aromatic amines is 1. The van der Waals surface area contributed by atoms with Gasteiger partial charge in [0.1, 0.15) is 5.82 Å². The molecule has 1 aromatic heterocycles. The summed E-state index contributed by atoms with van der Waals surface area (Å²) in [4.78, 5) is 13.5. The van der Waals surface area contributed by atoms with Crippen molar-refractivity contribution in [3.63, 3.8) is 0 Å². The van der Waals surface area contributed by atoms with E-state index in [0.717, 1.165) is 31.3 Å². The van der Waals surface area contributed by atoms with Gasteiger partial charge in [0.15, 0.2) is 0 Å². The maximum Gasteiger partial charge on any atom is 0.106 e. The van der Waals surface area contributed by atoms with Crippen LogP contribution >= 0.6 is 0 Å². The number of fused-ring (bicyclic) bond motifs is 4. The molecule has 0 saturated carbocycles.